The summed E-state index contributed by atoms with van der Waals surface area (Å²) in [5, 5.41) is 0. The summed E-state index contributed by atoms with van der Waals surface area (Å²) in [6.45, 7) is 1.72. The molecule has 1 saturated carbocycles. The number of thioether (sulfide) groups is 1. The van der Waals surface area contributed by atoms with Gasteiger partial charge in [0.05, 0.1) is 0 Å². The molecule has 1 aliphatic rings. The first-order chi connectivity index (χ1) is 6.35. The van der Waals surface area contributed by atoms with Crippen LogP contribution in [0, 0.1) is 5.92 Å². The molecule has 0 aromatic rings. The molecule has 0 aromatic heterocycles. The topological polar surface area (TPSA) is 52.0 Å². The molecule has 0 unspecified atom stereocenters. The second-order valence-electron chi connectivity index (χ2n) is 3.52. The van der Waals surface area contributed by atoms with Crippen molar-refractivity contribution in [3.8, 4) is 0 Å². The van der Waals surface area contributed by atoms with E-state index in [1.807, 2.05) is 6.26 Å². The van der Waals surface area contributed by atoms with E-state index < -0.39 is 0 Å². The molecule has 1 fully saturated rings. The largest absolute Gasteiger partial charge is 0.330 e. The Morgan fingerprint density at radius 3 is 2.00 bits per heavy atom. The minimum Gasteiger partial charge on any atom is -0.330 e. The van der Waals surface area contributed by atoms with Gasteiger partial charge in [-0.3, -0.25) is 0 Å². The Hall–Kier alpha value is 0.270. The van der Waals surface area contributed by atoms with E-state index in [4.69, 9.17) is 11.5 Å². The quantitative estimate of drug-likeness (QED) is 0.737. The smallest absolute Gasteiger partial charge is 0.00530 e. The molecule has 2 nitrogen and oxygen atoms in total. The SMILES string of the molecule is CSCCN.NCC1CCCCC1. The van der Waals surface area contributed by atoms with Crippen molar-refractivity contribution < 1.29 is 0 Å². The van der Waals surface area contributed by atoms with Crippen LogP contribution in [0.25, 0.3) is 0 Å². The first-order valence-corrected chi connectivity index (χ1v) is 6.63. The van der Waals surface area contributed by atoms with E-state index in [0.717, 1.165) is 24.8 Å². The van der Waals surface area contributed by atoms with Crippen molar-refractivity contribution in [3.05, 3.63) is 0 Å². The third-order valence-corrected chi connectivity index (χ3v) is 3.02. The molecule has 13 heavy (non-hydrogen) atoms. The predicted octanol–water partition coefficient (Wildman–Crippen LogP) is 1.83. The number of hydrogen-bond donors (Lipinski definition) is 2. The van der Waals surface area contributed by atoms with Crippen LogP contribution < -0.4 is 11.5 Å². The molecule has 0 bridgehead atoms. The van der Waals surface area contributed by atoms with Crippen molar-refractivity contribution in [3.63, 3.8) is 0 Å². The van der Waals surface area contributed by atoms with E-state index in [-0.39, 0.29) is 0 Å². The summed E-state index contributed by atoms with van der Waals surface area (Å²) >= 11 is 1.78. The lowest BCUT2D eigenvalue weighted by atomic mass is 9.90. The maximum Gasteiger partial charge on any atom is 0.00530 e. The second-order valence-corrected chi connectivity index (χ2v) is 4.51. The average molecular weight is 204 g/mol. The number of rotatable bonds is 3. The number of hydrogen-bond acceptors (Lipinski definition) is 3. The van der Waals surface area contributed by atoms with Crippen LogP contribution in [0.5, 0.6) is 0 Å². The minimum atomic E-state index is 0.807. The van der Waals surface area contributed by atoms with E-state index in [0.29, 0.717) is 0 Å². The van der Waals surface area contributed by atoms with Crippen LogP contribution in [-0.4, -0.2) is 25.1 Å². The predicted molar refractivity (Wildman–Crippen MR) is 63.1 cm³/mol. The molecular formula is C10H24N2S. The molecule has 80 valence electrons. The average Bonchev–Trinajstić information content (AvgIpc) is 2.21. The fourth-order valence-corrected chi connectivity index (χ4v) is 1.78. The van der Waals surface area contributed by atoms with Crippen LogP contribution in [0.15, 0.2) is 0 Å². The van der Waals surface area contributed by atoms with Gasteiger partial charge in [-0.05, 0) is 31.6 Å². The summed E-state index contributed by atoms with van der Waals surface area (Å²) < 4.78 is 0. The third-order valence-electron chi connectivity index (χ3n) is 2.38. The Morgan fingerprint density at radius 2 is 1.77 bits per heavy atom. The van der Waals surface area contributed by atoms with Crippen molar-refractivity contribution >= 4 is 11.8 Å². The van der Waals surface area contributed by atoms with Gasteiger partial charge in [0.1, 0.15) is 0 Å². The lowest BCUT2D eigenvalue weighted by Crippen LogP contribution is -2.16. The molecule has 0 saturated heterocycles. The summed E-state index contributed by atoms with van der Waals surface area (Å²) in [6, 6.07) is 0. The van der Waals surface area contributed by atoms with Gasteiger partial charge in [0.2, 0.25) is 0 Å². The maximum atomic E-state index is 5.50. The van der Waals surface area contributed by atoms with Crippen LogP contribution in [0.3, 0.4) is 0 Å². The van der Waals surface area contributed by atoms with Crippen molar-refractivity contribution in [1.29, 1.82) is 0 Å². The summed E-state index contributed by atoms with van der Waals surface area (Å²) in [5.74, 6) is 1.95. The fourth-order valence-electron chi connectivity index (χ4n) is 1.54. The Bertz CT molecular complexity index is 90.9. The highest BCUT2D eigenvalue weighted by atomic mass is 32.2. The van der Waals surface area contributed by atoms with Gasteiger partial charge in [0, 0.05) is 12.3 Å². The lowest BCUT2D eigenvalue weighted by Gasteiger charge is -2.18. The minimum absolute atomic E-state index is 0.807. The van der Waals surface area contributed by atoms with Gasteiger partial charge in [-0.15, -0.1) is 0 Å². The molecular weight excluding hydrogens is 180 g/mol. The van der Waals surface area contributed by atoms with Crippen molar-refractivity contribution in [2.24, 2.45) is 17.4 Å². The van der Waals surface area contributed by atoms with Gasteiger partial charge >= 0.3 is 0 Å². The number of nitrogens with two attached hydrogens (primary N) is 2. The molecule has 0 aliphatic heterocycles. The van der Waals surface area contributed by atoms with Gasteiger partial charge in [0.15, 0.2) is 0 Å². The Morgan fingerprint density at radius 1 is 1.15 bits per heavy atom. The summed E-state index contributed by atoms with van der Waals surface area (Å²) in [7, 11) is 0. The molecule has 0 amide bonds. The molecule has 1 aliphatic carbocycles. The van der Waals surface area contributed by atoms with Crippen molar-refractivity contribution in [1.82, 2.24) is 0 Å². The second kappa shape index (κ2) is 10.4. The normalized spacial score (nSPS) is 17.8. The monoisotopic (exact) mass is 204 g/mol. The molecule has 0 radical (unpaired) electrons. The first-order valence-electron chi connectivity index (χ1n) is 5.24. The zero-order valence-electron chi connectivity index (χ0n) is 8.80. The molecule has 0 spiro atoms. The first kappa shape index (κ1) is 13.3. The van der Waals surface area contributed by atoms with E-state index in [1.165, 1.54) is 32.1 Å². The van der Waals surface area contributed by atoms with Crippen LogP contribution >= 0.6 is 11.8 Å². The van der Waals surface area contributed by atoms with Crippen molar-refractivity contribution in [2.75, 3.05) is 25.1 Å². The Balaban J connectivity index is 0.000000252. The maximum absolute atomic E-state index is 5.50. The van der Waals surface area contributed by atoms with Gasteiger partial charge < -0.3 is 11.5 Å². The Labute approximate surface area is 86.8 Å². The molecule has 0 aromatic carbocycles. The fraction of sp³-hybridized carbons (Fsp3) is 1.00. The molecule has 1 rings (SSSR count). The van der Waals surface area contributed by atoms with Crippen LogP contribution in [0.2, 0.25) is 0 Å². The highest BCUT2D eigenvalue weighted by Gasteiger charge is 2.09. The van der Waals surface area contributed by atoms with E-state index >= 15 is 0 Å². The van der Waals surface area contributed by atoms with Crippen molar-refractivity contribution in [2.45, 2.75) is 32.1 Å². The summed E-state index contributed by atoms with van der Waals surface area (Å²) in [6.07, 6.45) is 9.10. The van der Waals surface area contributed by atoms with Crippen LogP contribution in [0.4, 0.5) is 0 Å². The molecule has 0 atom stereocenters. The highest BCUT2D eigenvalue weighted by Crippen LogP contribution is 2.21. The van der Waals surface area contributed by atoms with Gasteiger partial charge in [0.25, 0.3) is 0 Å². The third kappa shape index (κ3) is 8.60. The molecule has 4 N–H and O–H groups in total. The highest BCUT2D eigenvalue weighted by molar-refractivity contribution is 7.98. The van der Waals surface area contributed by atoms with E-state index in [1.54, 1.807) is 11.8 Å². The zero-order valence-corrected chi connectivity index (χ0v) is 9.61. The lowest BCUT2D eigenvalue weighted by molar-refractivity contribution is 0.366. The van der Waals surface area contributed by atoms with Crippen LogP contribution in [-0.2, 0) is 0 Å². The summed E-state index contributed by atoms with van der Waals surface area (Å²) in [4.78, 5) is 0. The van der Waals surface area contributed by atoms with Gasteiger partial charge in [-0.2, -0.15) is 11.8 Å². The standard InChI is InChI=1S/C7H15N.C3H9NS/c8-6-7-4-2-1-3-5-7;1-5-3-2-4/h7H,1-6,8H2;2-4H2,1H3. The van der Waals surface area contributed by atoms with E-state index in [2.05, 4.69) is 0 Å². The Kier molecular flexibility index (Phi) is 10.6. The summed E-state index contributed by atoms with van der Waals surface area (Å²) in [5.41, 5.74) is 10.6. The van der Waals surface area contributed by atoms with E-state index in [9.17, 15) is 0 Å². The molecule has 3 heteroatoms. The van der Waals surface area contributed by atoms with Crippen LogP contribution in [0.1, 0.15) is 32.1 Å². The van der Waals surface area contributed by atoms with Gasteiger partial charge in [-0.25, -0.2) is 0 Å². The van der Waals surface area contributed by atoms with Gasteiger partial charge in [-0.1, -0.05) is 19.3 Å². The zero-order chi connectivity index (χ0) is 9.94. The molecule has 0 heterocycles.